The predicted octanol–water partition coefficient (Wildman–Crippen LogP) is 3.56. The molecule has 2 N–H and O–H groups in total. The lowest BCUT2D eigenvalue weighted by Gasteiger charge is -2.36. The number of hydrogen-bond donors (Lipinski definition) is 2. The molecule has 0 atom stereocenters. The van der Waals surface area contributed by atoms with E-state index in [1.807, 2.05) is 55.4 Å². The number of carbonyl (C=O) groups is 3. The van der Waals surface area contributed by atoms with Crippen molar-refractivity contribution in [3.8, 4) is 11.1 Å². The van der Waals surface area contributed by atoms with Crippen molar-refractivity contribution < 1.29 is 24.2 Å². The van der Waals surface area contributed by atoms with E-state index in [1.165, 1.54) is 4.90 Å². The van der Waals surface area contributed by atoms with E-state index < -0.39 is 30.1 Å². The number of carboxylic acids is 1. The number of ether oxygens (including phenoxy) is 1. The SMILES string of the molecule is CCC(CC)(NC(=O)OCC1c2ccccc2-c2ccccc21)C(=O)N(CCN(C)C)CC(=O)O. The second kappa shape index (κ2) is 11.4. The van der Waals surface area contributed by atoms with Crippen LogP contribution < -0.4 is 5.32 Å². The zero-order chi connectivity index (χ0) is 25.6. The average molecular weight is 482 g/mol. The molecular formula is C27H35N3O5. The highest BCUT2D eigenvalue weighted by Gasteiger charge is 2.41. The molecule has 0 saturated carbocycles. The number of carboxylic acid groups (broad SMARTS) is 1. The van der Waals surface area contributed by atoms with Gasteiger partial charge in [-0.05, 0) is 49.2 Å². The molecule has 0 bridgehead atoms. The molecule has 0 aromatic heterocycles. The topological polar surface area (TPSA) is 99.2 Å². The normalized spacial score (nSPS) is 12.7. The Morgan fingerprint density at radius 2 is 1.49 bits per heavy atom. The van der Waals surface area contributed by atoms with Gasteiger partial charge in [-0.15, -0.1) is 0 Å². The number of fused-ring (bicyclic) bond motifs is 3. The zero-order valence-corrected chi connectivity index (χ0v) is 20.9. The number of rotatable bonds is 11. The van der Waals surface area contributed by atoms with E-state index in [0.717, 1.165) is 22.3 Å². The Morgan fingerprint density at radius 3 is 1.97 bits per heavy atom. The largest absolute Gasteiger partial charge is 0.480 e. The van der Waals surface area contributed by atoms with E-state index in [4.69, 9.17) is 4.74 Å². The third-order valence-corrected chi connectivity index (χ3v) is 6.73. The minimum atomic E-state index is -1.25. The monoisotopic (exact) mass is 481 g/mol. The summed E-state index contributed by atoms with van der Waals surface area (Å²) in [4.78, 5) is 41.0. The molecule has 8 heteroatoms. The number of aliphatic carboxylic acids is 1. The maximum absolute atomic E-state index is 13.5. The Bertz CT molecular complexity index is 1020. The fraction of sp³-hybridized carbons (Fsp3) is 0.444. The number of likely N-dealkylation sites (N-methyl/N-ethyl adjacent to an activating group) is 1. The van der Waals surface area contributed by atoms with Crippen LogP contribution in [0.1, 0.15) is 43.7 Å². The maximum Gasteiger partial charge on any atom is 0.408 e. The third-order valence-electron chi connectivity index (χ3n) is 6.73. The zero-order valence-electron chi connectivity index (χ0n) is 20.9. The molecule has 1 aliphatic rings. The Hall–Kier alpha value is -3.39. The minimum absolute atomic E-state index is 0.0925. The van der Waals surface area contributed by atoms with Gasteiger partial charge in [0, 0.05) is 19.0 Å². The molecule has 2 amide bonds. The van der Waals surface area contributed by atoms with E-state index in [9.17, 15) is 19.5 Å². The second-order valence-electron chi connectivity index (χ2n) is 9.16. The highest BCUT2D eigenvalue weighted by molar-refractivity contribution is 5.92. The van der Waals surface area contributed by atoms with Gasteiger partial charge in [0.15, 0.2) is 0 Å². The van der Waals surface area contributed by atoms with Gasteiger partial charge in [0.05, 0.1) is 0 Å². The fourth-order valence-corrected chi connectivity index (χ4v) is 4.65. The van der Waals surface area contributed by atoms with Crippen LogP contribution in [0.2, 0.25) is 0 Å². The Kier molecular flexibility index (Phi) is 8.51. The molecule has 35 heavy (non-hydrogen) atoms. The van der Waals surface area contributed by atoms with Crippen LogP contribution in [0.4, 0.5) is 4.79 Å². The molecule has 0 fully saturated rings. The first-order valence-electron chi connectivity index (χ1n) is 12.0. The number of nitrogens with one attached hydrogen (secondary N) is 1. The fourth-order valence-electron chi connectivity index (χ4n) is 4.65. The number of benzene rings is 2. The summed E-state index contributed by atoms with van der Waals surface area (Å²) in [5, 5.41) is 12.1. The molecule has 0 heterocycles. The van der Waals surface area contributed by atoms with E-state index in [2.05, 4.69) is 17.4 Å². The average Bonchev–Trinajstić information content (AvgIpc) is 3.17. The number of hydrogen-bond acceptors (Lipinski definition) is 5. The second-order valence-corrected chi connectivity index (χ2v) is 9.16. The molecule has 0 aliphatic heterocycles. The highest BCUT2D eigenvalue weighted by atomic mass is 16.5. The first-order chi connectivity index (χ1) is 16.7. The van der Waals surface area contributed by atoms with Crippen LogP contribution in [0.5, 0.6) is 0 Å². The lowest BCUT2D eigenvalue weighted by atomic mass is 9.91. The first-order valence-corrected chi connectivity index (χ1v) is 12.0. The van der Waals surface area contributed by atoms with E-state index in [-0.39, 0.29) is 19.1 Å². The quantitative estimate of drug-likeness (QED) is 0.509. The summed E-state index contributed by atoms with van der Waals surface area (Å²) in [6.07, 6.45) is -0.0679. The van der Waals surface area contributed by atoms with Crippen molar-refractivity contribution >= 4 is 18.0 Å². The van der Waals surface area contributed by atoms with Crippen LogP contribution in [0.25, 0.3) is 11.1 Å². The van der Waals surface area contributed by atoms with Gasteiger partial charge in [0.25, 0.3) is 0 Å². The summed E-state index contributed by atoms with van der Waals surface area (Å²) >= 11 is 0. The first kappa shape index (κ1) is 26.2. The molecule has 0 saturated heterocycles. The summed E-state index contributed by atoms with van der Waals surface area (Å²) in [6, 6.07) is 16.2. The smallest absolute Gasteiger partial charge is 0.408 e. The molecule has 2 aromatic rings. The van der Waals surface area contributed by atoms with Gasteiger partial charge < -0.3 is 25.0 Å². The van der Waals surface area contributed by atoms with Crippen molar-refractivity contribution in [1.29, 1.82) is 0 Å². The number of amides is 2. The lowest BCUT2D eigenvalue weighted by molar-refractivity contribution is -0.148. The molecule has 8 nitrogen and oxygen atoms in total. The van der Waals surface area contributed by atoms with Gasteiger partial charge in [-0.3, -0.25) is 9.59 Å². The predicted molar refractivity (Wildman–Crippen MR) is 134 cm³/mol. The molecule has 188 valence electrons. The summed E-state index contributed by atoms with van der Waals surface area (Å²) in [5.74, 6) is -1.61. The van der Waals surface area contributed by atoms with E-state index in [0.29, 0.717) is 19.4 Å². The van der Waals surface area contributed by atoms with E-state index >= 15 is 0 Å². The highest BCUT2D eigenvalue weighted by Crippen LogP contribution is 2.44. The van der Waals surface area contributed by atoms with Gasteiger partial charge in [0.1, 0.15) is 18.7 Å². The Morgan fingerprint density at radius 1 is 0.943 bits per heavy atom. The standard InChI is InChI=1S/C27H35N3O5/c1-5-27(6-2,25(33)30(17-24(31)32)16-15-29(3)4)28-26(34)35-18-23-21-13-9-7-11-19(21)20-12-8-10-14-22(20)23/h7-14,23H,5-6,15-18H2,1-4H3,(H,28,34)(H,31,32). The number of nitrogens with zero attached hydrogens (tertiary/aromatic N) is 2. The summed E-state index contributed by atoms with van der Waals surface area (Å²) < 4.78 is 5.66. The van der Waals surface area contributed by atoms with E-state index in [1.54, 1.807) is 13.8 Å². The molecule has 1 aliphatic carbocycles. The van der Waals surface area contributed by atoms with Crippen molar-refractivity contribution in [2.75, 3.05) is 40.3 Å². The third kappa shape index (κ3) is 5.82. The molecular weight excluding hydrogens is 446 g/mol. The van der Waals surface area contributed by atoms with Gasteiger partial charge in [-0.1, -0.05) is 62.4 Å². The van der Waals surface area contributed by atoms with Crippen molar-refractivity contribution in [2.45, 2.75) is 38.1 Å². The van der Waals surface area contributed by atoms with Gasteiger partial charge in [-0.25, -0.2) is 4.79 Å². The molecule has 0 radical (unpaired) electrons. The van der Waals surface area contributed by atoms with Crippen LogP contribution in [0, 0.1) is 0 Å². The Balaban J connectivity index is 1.74. The van der Waals surface area contributed by atoms with Crippen molar-refractivity contribution in [3.05, 3.63) is 59.7 Å². The number of carbonyl (C=O) groups excluding carboxylic acids is 2. The van der Waals surface area contributed by atoms with Crippen LogP contribution in [-0.4, -0.2) is 78.8 Å². The summed E-state index contributed by atoms with van der Waals surface area (Å²) in [7, 11) is 3.70. The Labute approximate surface area is 206 Å². The minimum Gasteiger partial charge on any atom is -0.480 e. The van der Waals surface area contributed by atoms with Crippen molar-refractivity contribution in [2.24, 2.45) is 0 Å². The number of alkyl carbamates (subject to hydrolysis) is 1. The van der Waals surface area contributed by atoms with Crippen LogP contribution in [-0.2, 0) is 14.3 Å². The van der Waals surface area contributed by atoms with Crippen molar-refractivity contribution in [3.63, 3.8) is 0 Å². The van der Waals surface area contributed by atoms with Crippen molar-refractivity contribution in [1.82, 2.24) is 15.1 Å². The van der Waals surface area contributed by atoms with Gasteiger partial charge in [-0.2, -0.15) is 0 Å². The molecule has 0 unspecified atom stereocenters. The molecule has 0 spiro atoms. The van der Waals surface area contributed by atoms with Gasteiger partial charge >= 0.3 is 12.1 Å². The molecule has 3 rings (SSSR count). The van der Waals surface area contributed by atoms with Crippen LogP contribution in [0.15, 0.2) is 48.5 Å². The van der Waals surface area contributed by atoms with Gasteiger partial charge in [0.2, 0.25) is 5.91 Å². The maximum atomic E-state index is 13.5. The molecule has 2 aromatic carbocycles. The summed E-state index contributed by atoms with van der Waals surface area (Å²) in [6.45, 7) is 4.06. The van der Waals surface area contributed by atoms with Crippen LogP contribution >= 0.6 is 0 Å². The summed E-state index contributed by atoms with van der Waals surface area (Å²) in [5.41, 5.74) is 3.23. The van der Waals surface area contributed by atoms with Crippen LogP contribution in [0.3, 0.4) is 0 Å². The lowest BCUT2D eigenvalue weighted by Crippen LogP contribution is -2.60.